The van der Waals surface area contributed by atoms with E-state index in [2.05, 4.69) is 34.9 Å². The molecule has 4 nitrogen and oxygen atoms in total. The van der Waals surface area contributed by atoms with Gasteiger partial charge in [-0.2, -0.15) is 0 Å². The highest BCUT2D eigenvalue weighted by molar-refractivity contribution is 4.96. The van der Waals surface area contributed by atoms with Crippen molar-refractivity contribution in [3.05, 3.63) is 18.2 Å². The molecule has 1 aromatic rings. The van der Waals surface area contributed by atoms with Crippen LogP contribution in [0.15, 0.2) is 12.5 Å². The molecule has 0 bridgehead atoms. The van der Waals surface area contributed by atoms with Gasteiger partial charge in [0.05, 0.1) is 18.6 Å². The molecule has 0 aliphatic heterocycles. The van der Waals surface area contributed by atoms with E-state index in [9.17, 15) is 0 Å². The summed E-state index contributed by atoms with van der Waals surface area (Å²) < 4.78 is 7.12. The van der Waals surface area contributed by atoms with Crippen LogP contribution in [0, 0.1) is 5.92 Å². The Hall–Kier alpha value is -0.870. The monoisotopic (exact) mass is 225 g/mol. The number of rotatable bonds is 8. The van der Waals surface area contributed by atoms with E-state index in [1.807, 2.05) is 6.33 Å². The van der Waals surface area contributed by atoms with Crippen molar-refractivity contribution in [1.82, 2.24) is 14.9 Å². The van der Waals surface area contributed by atoms with E-state index in [1.165, 1.54) is 6.42 Å². The Balaban J connectivity index is 2.22. The molecule has 92 valence electrons. The maximum atomic E-state index is 4.96. The Bertz CT molecular complexity index is 284. The number of imidazole rings is 1. The third kappa shape index (κ3) is 5.28. The van der Waals surface area contributed by atoms with Crippen LogP contribution in [0.5, 0.6) is 0 Å². The minimum atomic E-state index is 0.741. The molecule has 0 spiro atoms. The quantitative estimate of drug-likeness (QED) is 0.684. The number of methoxy groups -OCH3 is 1. The first-order valence-electron chi connectivity index (χ1n) is 5.92. The third-order valence-electron chi connectivity index (χ3n) is 2.44. The van der Waals surface area contributed by atoms with Crippen molar-refractivity contribution >= 4 is 0 Å². The molecule has 0 aliphatic rings. The van der Waals surface area contributed by atoms with Crippen molar-refractivity contribution in [2.75, 3.05) is 20.3 Å². The second-order valence-corrected chi connectivity index (χ2v) is 4.45. The molecule has 1 rings (SSSR count). The summed E-state index contributed by atoms with van der Waals surface area (Å²) >= 11 is 0. The van der Waals surface area contributed by atoms with E-state index < -0.39 is 0 Å². The normalized spacial score (nSPS) is 11.2. The average molecular weight is 225 g/mol. The van der Waals surface area contributed by atoms with Gasteiger partial charge in [0.1, 0.15) is 0 Å². The molecule has 0 radical (unpaired) electrons. The fraction of sp³-hybridized carbons (Fsp3) is 0.750. The first-order valence-corrected chi connectivity index (χ1v) is 5.92. The number of ether oxygens (including phenoxy) is 1. The van der Waals surface area contributed by atoms with Crippen LogP contribution in [0.3, 0.4) is 0 Å². The Kier molecular flexibility index (Phi) is 6.11. The molecule has 4 heteroatoms. The lowest BCUT2D eigenvalue weighted by Crippen LogP contribution is -2.18. The lowest BCUT2D eigenvalue weighted by Gasteiger charge is -2.04. The standard InChI is InChI=1S/C12H23N3O/c1-11(2)4-6-15-9-12(14-10-15)8-13-5-7-16-3/h9-11,13H,4-8H2,1-3H3. The Morgan fingerprint density at radius 3 is 3.00 bits per heavy atom. The van der Waals surface area contributed by atoms with Crippen molar-refractivity contribution in [1.29, 1.82) is 0 Å². The van der Waals surface area contributed by atoms with Gasteiger partial charge in [0.25, 0.3) is 0 Å². The maximum absolute atomic E-state index is 4.96. The highest BCUT2D eigenvalue weighted by Gasteiger charge is 1.99. The summed E-state index contributed by atoms with van der Waals surface area (Å²) in [6, 6.07) is 0. The molecule has 0 fully saturated rings. The number of hydrogen-bond acceptors (Lipinski definition) is 3. The smallest absolute Gasteiger partial charge is 0.0949 e. The lowest BCUT2D eigenvalue weighted by molar-refractivity contribution is 0.199. The fourth-order valence-corrected chi connectivity index (χ4v) is 1.42. The second-order valence-electron chi connectivity index (χ2n) is 4.45. The van der Waals surface area contributed by atoms with E-state index in [1.54, 1.807) is 7.11 Å². The van der Waals surface area contributed by atoms with Crippen LogP contribution in [0.4, 0.5) is 0 Å². The van der Waals surface area contributed by atoms with Gasteiger partial charge in [-0.25, -0.2) is 4.98 Å². The first-order chi connectivity index (χ1) is 7.72. The number of nitrogens with zero attached hydrogens (tertiary/aromatic N) is 2. The average Bonchev–Trinajstić information content (AvgIpc) is 2.70. The number of hydrogen-bond donors (Lipinski definition) is 1. The Labute approximate surface area is 98.0 Å². The van der Waals surface area contributed by atoms with Crippen molar-refractivity contribution in [2.45, 2.75) is 33.4 Å². The summed E-state index contributed by atoms with van der Waals surface area (Å²) in [5.41, 5.74) is 1.10. The van der Waals surface area contributed by atoms with Crippen LogP contribution in [0.1, 0.15) is 26.0 Å². The molecule has 0 aromatic carbocycles. The molecule has 1 aromatic heterocycles. The van der Waals surface area contributed by atoms with Gasteiger partial charge >= 0.3 is 0 Å². The molecule has 1 heterocycles. The fourth-order valence-electron chi connectivity index (χ4n) is 1.42. The van der Waals surface area contributed by atoms with E-state index >= 15 is 0 Å². The largest absolute Gasteiger partial charge is 0.383 e. The maximum Gasteiger partial charge on any atom is 0.0949 e. The van der Waals surface area contributed by atoms with E-state index in [4.69, 9.17) is 4.74 Å². The molecule has 0 atom stereocenters. The van der Waals surface area contributed by atoms with Crippen LogP contribution < -0.4 is 5.32 Å². The van der Waals surface area contributed by atoms with Crippen molar-refractivity contribution in [2.24, 2.45) is 5.92 Å². The van der Waals surface area contributed by atoms with Crippen LogP contribution in [0.2, 0.25) is 0 Å². The number of nitrogens with one attached hydrogen (secondary N) is 1. The van der Waals surface area contributed by atoms with Crippen LogP contribution >= 0.6 is 0 Å². The van der Waals surface area contributed by atoms with Crippen molar-refractivity contribution in [3.63, 3.8) is 0 Å². The zero-order valence-corrected chi connectivity index (χ0v) is 10.6. The first kappa shape index (κ1) is 13.2. The van der Waals surface area contributed by atoms with E-state index in [-0.39, 0.29) is 0 Å². The van der Waals surface area contributed by atoms with Crippen molar-refractivity contribution in [3.8, 4) is 0 Å². The SMILES string of the molecule is COCCNCc1cn(CCC(C)C)cn1. The lowest BCUT2D eigenvalue weighted by atomic mass is 10.1. The molecule has 0 aliphatic carbocycles. The number of aromatic nitrogens is 2. The minimum absolute atomic E-state index is 0.741. The molecule has 1 N–H and O–H groups in total. The van der Waals surface area contributed by atoms with Gasteiger partial charge < -0.3 is 14.6 Å². The van der Waals surface area contributed by atoms with E-state index in [0.29, 0.717) is 0 Å². The predicted molar refractivity (Wildman–Crippen MR) is 65.3 cm³/mol. The van der Waals surface area contributed by atoms with Gasteiger partial charge in [0, 0.05) is 32.9 Å². The topological polar surface area (TPSA) is 39.1 Å². The van der Waals surface area contributed by atoms with Gasteiger partial charge in [0.15, 0.2) is 0 Å². The molecule has 0 amide bonds. The summed E-state index contributed by atoms with van der Waals surface area (Å²) in [4.78, 5) is 4.35. The third-order valence-corrected chi connectivity index (χ3v) is 2.44. The molecule has 0 saturated carbocycles. The van der Waals surface area contributed by atoms with E-state index in [0.717, 1.165) is 37.9 Å². The zero-order chi connectivity index (χ0) is 11.8. The van der Waals surface area contributed by atoms with Crippen LogP contribution in [0.25, 0.3) is 0 Å². The molecular weight excluding hydrogens is 202 g/mol. The van der Waals surface area contributed by atoms with Gasteiger partial charge in [-0.3, -0.25) is 0 Å². The summed E-state index contributed by atoms with van der Waals surface area (Å²) in [7, 11) is 1.71. The van der Waals surface area contributed by atoms with Gasteiger partial charge in [-0.05, 0) is 12.3 Å². The number of aryl methyl sites for hydroxylation is 1. The zero-order valence-electron chi connectivity index (χ0n) is 10.6. The summed E-state index contributed by atoms with van der Waals surface area (Å²) in [6.45, 7) is 7.97. The summed E-state index contributed by atoms with van der Waals surface area (Å²) in [5, 5.41) is 3.28. The van der Waals surface area contributed by atoms with Gasteiger partial charge in [-0.1, -0.05) is 13.8 Å². The van der Waals surface area contributed by atoms with Gasteiger partial charge in [0.2, 0.25) is 0 Å². The molecular formula is C12H23N3O. The highest BCUT2D eigenvalue weighted by atomic mass is 16.5. The molecule has 0 saturated heterocycles. The molecule has 0 unspecified atom stereocenters. The summed E-state index contributed by atoms with van der Waals surface area (Å²) in [6.07, 6.45) is 5.23. The Morgan fingerprint density at radius 1 is 1.50 bits per heavy atom. The summed E-state index contributed by atoms with van der Waals surface area (Å²) in [5.74, 6) is 0.741. The van der Waals surface area contributed by atoms with Crippen LogP contribution in [-0.2, 0) is 17.8 Å². The van der Waals surface area contributed by atoms with Gasteiger partial charge in [-0.15, -0.1) is 0 Å². The minimum Gasteiger partial charge on any atom is -0.383 e. The molecule has 16 heavy (non-hydrogen) atoms. The second kappa shape index (κ2) is 7.41. The predicted octanol–water partition coefficient (Wildman–Crippen LogP) is 1.67. The van der Waals surface area contributed by atoms with Crippen LogP contribution in [-0.4, -0.2) is 29.8 Å². The van der Waals surface area contributed by atoms with Crippen molar-refractivity contribution < 1.29 is 4.74 Å². The Morgan fingerprint density at radius 2 is 2.31 bits per heavy atom. The highest BCUT2D eigenvalue weighted by Crippen LogP contribution is 2.03.